The molecule has 0 radical (unpaired) electrons. The van der Waals surface area contributed by atoms with E-state index in [0.29, 0.717) is 16.7 Å². The minimum atomic E-state index is -3.40. The van der Waals surface area contributed by atoms with E-state index in [2.05, 4.69) is 20.7 Å². The second kappa shape index (κ2) is 5.19. The number of fused-ring (bicyclic) bond motifs is 3. The van der Waals surface area contributed by atoms with Crippen LogP contribution in [0, 0.1) is 11.8 Å². The SMILES string of the molecule is O=S(=O)(N[C@H]1C2CCC(CC2)[C@H]1Br)c1ccccc1. The first-order valence-corrected chi connectivity index (χ1v) is 9.19. The summed E-state index contributed by atoms with van der Waals surface area (Å²) >= 11 is 3.71. The van der Waals surface area contributed by atoms with Crippen LogP contribution in [0.5, 0.6) is 0 Å². The van der Waals surface area contributed by atoms with E-state index in [-0.39, 0.29) is 10.9 Å². The van der Waals surface area contributed by atoms with Crippen molar-refractivity contribution in [2.45, 2.75) is 41.4 Å². The van der Waals surface area contributed by atoms with Crippen molar-refractivity contribution in [3.8, 4) is 0 Å². The van der Waals surface area contributed by atoms with E-state index in [1.54, 1.807) is 24.3 Å². The molecule has 1 aromatic carbocycles. The lowest BCUT2D eigenvalue weighted by Gasteiger charge is -2.46. The Morgan fingerprint density at radius 1 is 1.00 bits per heavy atom. The Bertz CT molecular complexity index is 536. The minimum Gasteiger partial charge on any atom is -0.207 e. The molecule has 0 aromatic heterocycles. The van der Waals surface area contributed by atoms with Crippen molar-refractivity contribution in [3.05, 3.63) is 30.3 Å². The third kappa shape index (κ3) is 2.60. The molecule has 4 rings (SSSR count). The van der Waals surface area contributed by atoms with Gasteiger partial charge in [-0.05, 0) is 49.7 Å². The van der Waals surface area contributed by atoms with Gasteiger partial charge in [0.15, 0.2) is 0 Å². The number of hydrogen-bond acceptors (Lipinski definition) is 2. The monoisotopic (exact) mass is 343 g/mol. The smallest absolute Gasteiger partial charge is 0.207 e. The van der Waals surface area contributed by atoms with E-state index >= 15 is 0 Å². The van der Waals surface area contributed by atoms with Crippen LogP contribution in [0.25, 0.3) is 0 Å². The third-order valence-corrected chi connectivity index (χ3v) is 7.25. The summed E-state index contributed by atoms with van der Waals surface area (Å²) in [6, 6.07) is 8.67. The van der Waals surface area contributed by atoms with Crippen LogP contribution in [0.2, 0.25) is 0 Å². The number of sulfonamides is 1. The first kappa shape index (κ1) is 13.6. The number of halogens is 1. The van der Waals surface area contributed by atoms with Crippen molar-refractivity contribution in [2.24, 2.45) is 11.8 Å². The van der Waals surface area contributed by atoms with Gasteiger partial charge in [0, 0.05) is 10.9 Å². The average molecular weight is 344 g/mol. The Hall–Kier alpha value is -0.390. The summed E-state index contributed by atoms with van der Waals surface area (Å²) in [5.74, 6) is 1.10. The topological polar surface area (TPSA) is 46.2 Å². The van der Waals surface area contributed by atoms with Gasteiger partial charge >= 0.3 is 0 Å². The maximum Gasteiger partial charge on any atom is 0.240 e. The number of alkyl halides is 1. The van der Waals surface area contributed by atoms with E-state index in [9.17, 15) is 8.42 Å². The van der Waals surface area contributed by atoms with Gasteiger partial charge in [0.25, 0.3) is 0 Å². The Balaban J connectivity index is 1.81. The number of nitrogens with one attached hydrogen (secondary N) is 1. The number of benzene rings is 1. The van der Waals surface area contributed by atoms with Gasteiger partial charge in [-0.25, -0.2) is 13.1 Å². The van der Waals surface area contributed by atoms with Gasteiger partial charge in [0.2, 0.25) is 10.0 Å². The van der Waals surface area contributed by atoms with E-state index < -0.39 is 10.0 Å². The second-order valence-electron chi connectivity index (χ2n) is 5.58. The van der Waals surface area contributed by atoms with Crippen LogP contribution >= 0.6 is 15.9 Å². The van der Waals surface area contributed by atoms with Crippen molar-refractivity contribution >= 4 is 26.0 Å². The Labute approximate surface area is 123 Å². The molecule has 0 unspecified atom stereocenters. The molecule has 0 spiro atoms. The van der Waals surface area contributed by atoms with Crippen molar-refractivity contribution < 1.29 is 8.42 Å². The first-order chi connectivity index (χ1) is 9.08. The van der Waals surface area contributed by atoms with Crippen molar-refractivity contribution in [3.63, 3.8) is 0 Å². The van der Waals surface area contributed by atoms with Crippen LogP contribution in [0.1, 0.15) is 25.7 Å². The molecule has 3 saturated carbocycles. The third-order valence-electron chi connectivity index (χ3n) is 4.46. The van der Waals surface area contributed by atoms with Gasteiger partial charge in [-0.2, -0.15) is 0 Å². The Kier molecular flexibility index (Phi) is 3.71. The fourth-order valence-electron chi connectivity index (χ4n) is 3.38. The van der Waals surface area contributed by atoms with Crippen molar-refractivity contribution in [2.75, 3.05) is 0 Å². The fourth-order valence-corrected chi connectivity index (χ4v) is 6.00. The normalized spacial score (nSPS) is 34.4. The lowest BCUT2D eigenvalue weighted by atomic mass is 9.68. The Morgan fingerprint density at radius 3 is 2.16 bits per heavy atom. The van der Waals surface area contributed by atoms with E-state index in [0.717, 1.165) is 12.8 Å². The molecule has 3 aliphatic carbocycles. The van der Waals surface area contributed by atoms with Gasteiger partial charge in [-0.15, -0.1) is 0 Å². The highest BCUT2D eigenvalue weighted by molar-refractivity contribution is 9.09. The summed E-state index contributed by atoms with van der Waals surface area (Å²) < 4.78 is 27.7. The molecule has 104 valence electrons. The summed E-state index contributed by atoms with van der Waals surface area (Å²) in [6.45, 7) is 0. The highest BCUT2D eigenvalue weighted by atomic mass is 79.9. The molecule has 19 heavy (non-hydrogen) atoms. The fraction of sp³-hybridized carbons (Fsp3) is 0.571. The first-order valence-electron chi connectivity index (χ1n) is 6.79. The van der Waals surface area contributed by atoms with Gasteiger partial charge in [0.1, 0.15) is 0 Å². The van der Waals surface area contributed by atoms with Gasteiger partial charge in [0.05, 0.1) is 4.90 Å². The van der Waals surface area contributed by atoms with Gasteiger partial charge in [-0.1, -0.05) is 34.1 Å². The summed E-state index contributed by atoms with van der Waals surface area (Å²) in [5.41, 5.74) is 0. The quantitative estimate of drug-likeness (QED) is 0.857. The largest absolute Gasteiger partial charge is 0.240 e. The molecule has 2 atom stereocenters. The minimum absolute atomic E-state index is 0.0395. The molecule has 5 heteroatoms. The number of rotatable bonds is 3. The summed E-state index contributed by atoms with van der Waals surface area (Å²) in [7, 11) is -3.40. The van der Waals surface area contributed by atoms with Crippen LogP contribution in [0.3, 0.4) is 0 Å². The maximum absolute atomic E-state index is 12.4. The Morgan fingerprint density at radius 2 is 1.58 bits per heavy atom. The van der Waals surface area contributed by atoms with Gasteiger partial charge in [-0.3, -0.25) is 0 Å². The zero-order valence-electron chi connectivity index (χ0n) is 10.6. The molecule has 1 N–H and O–H groups in total. The number of hydrogen-bond donors (Lipinski definition) is 1. The van der Waals surface area contributed by atoms with E-state index in [1.807, 2.05) is 6.07 Å². The standard InChI is InChI=1S/C14H18BrNO2S/c15-13-10-6-8-11(9-7-10)14(13)16-19(17,18)12-4-2-1-3-5-12/h1-5,10-11,13-14,16H,6-9H2/t10?,11?,13-,14+/m1/s1. The molecule has 0 amide bonds. The predicted molar refractivity (Wildman–Crippen MR) is 78.7 cm³/mol. The highest BCUT2D eigenvalue weighted by Gasteiger charge is 2.43. The molecular formula is C14H18BrNO2S. The zero-order chi connectivity index (χ0) is 13.5. The van der Waals surface area contributed by atoms with Gasteiger partial charge < -0.3 is 0 Å². The lowest BCUT2D eigenvalue weighted by molar-refractivity contribution is 0.149. The van der Waals surface area contributed by atoms with Crippen LogP contribution in [0.15, 0.2) is 35.2 Å². The van der Waals surface area contributed by atoms with E-state index in [4.69, 9.17) is 0 Å². The van der Waals surface area contributed by atoms with Crippen LogP contribution in [-0.2, 0) is 10.0 Å². The highest BCUT2D eigenvalue weighted by Crippen LogP contribution is 2.45. The van der Waals surface area contributed by atoms with Crippen LogP contribution in [0.4, 0.5) is 0 Å². The summed E-state index contributed by atoms with van der Waals surface area (Å²) in [6.07, 6.45) is 4.75. The van der Waals surface area contributed by atoms with E-state index in [1.165, 1.54) is 12.8 Å². The molecule has 1 aromatic rings. The average Bonchev–Trinajstić information content (AvgIpc) is 2.44. The van der Waals surface area contributed by atoms with Crippen molar-refractivity contribution in [1.82, 2.24) is 4.72 Å². The van der Waals surface area contributed by atoms with Crippen molar-refractivity contribution in [1.29, 1.82) is 0 Å². The zero-order valence-corrected chi connectivity index (χ0v) is 13.0. The molecule has 3 fully saturated rings. The molecule has 0 heterocycles. The summed E-state index contributed by atoms with van der Waals surface area (Å²) in [5, 5.41) is 0. The van der Waals surface area contributed by atoms with Crippen LogP contribution < -0.4 is 4.72 Å². The lowest BCUT2D eigenvalue weighted by Crippen LogP contribution is -2.54. The molecular weight excluding hydrogens is 326 g/mol. The maximum atomic E-state index is 12.4. The molecule has 0 aliphatic heterocycles. The molecule has 2 bridgehead atoms. The van der Waals surface area contributed by atoms with Crippen LogP contribution in [-0.4, -0.2) is 19.3 Å². The molecule has 0 saturated heterocycles. The second-order valence-corrected chi connectivity index (χ2v) is 8.35. The predicted octanol–water partition coefficient (Wildman–Crippen LogP) is 2.92. The molecule has 3 aliphatic rings. The molecule has 3 nitrogen and oxygen atoms in total. The summed E-state index contributed by atoms with van der Waals surface area (Å²) in [4.78, 5) is 0.634.